The van der Waals surface area contributed by atoms with Crippen molar-refractivity contribution >= 4 is 0 Å². The highest BCUT2D eigenvalue weighted by Crippen LogP contribution is 2.38. The van der Waals surface area contributed by atoms with Crippen molar-refractivity contribution in [2.45, 2.75) is 31.9 Å². The first kappa shape index (κ1) is 16.0. The summed E-state index contributed by atoms with van der Waals surface area (Å²) in [5.74, 6) is 0.814. The largest absolute Gasteiger partial charge is 0.493 e. The number of rotatable bonds is 5. The summed E-state index contributed by atoms with van der Waals surface area (Å²) >= 11 is 0. The second kappa shape index (κ2) is 7.16. The Kier molecular flexibility index (Phi) is 4.99. The van der Waals surface area contributed by atoms with Crippen LogP contribution in [0.4, 0.5) is 0 Å². The second-order valence-electron chi connectivity index (χ2n) is 6.22. The number of nitrogens with zero attached hydrogens (tertiary/aromatic N) is 1. The second-order valence-corrected chi connectivity index (χ2v) is 6.22. The van der Waals surface area contributed by atoms with Gasteiger partial charge in [0.1, 0.15) is 5.75 Å². The molecule has 1 saturated heterocycles. The first-order valence-corrected chi connectivity index (χ1v) is 8.42. The van der Waals surface area contributed by atoms with Gasteiger partial charge in [0.25, 0.3) is 0 Å². The summed E-state index contributed by atoms with van der Waals surface area (Å²) in [4.78, 5) is 2.41. The SMILES string of the molecule is CCOc1ccccc1C1(O)CCN(Cc2ccccc2)CC1. The van der Waals surface area contributed by atoms with Gasteiger partial charge in [-0.15, -0.1) is 0 Å². The van der Waals surface area contributed by atoms with Crippen LogP contribution in [0.15, 0.2) is 54.6 Å². The number of benzene rings is 2. The highest BCUT2D eigenvalue weighted by molar-refractivity contribution is 5.38. The average molecular weight is 311 g/mol. The van der Waals surface area contributed by atoms with Gasteiger partial charge in [0.05, 0.1) is 12.2 Å². The summed E-state index contributed by atoms with van der Waals surface area (Å²) in [6, 6.07) is 18.4. The van der Waals surface area contributed by atoms with Crippen LogP contribution >= 0.6 is 0 Å². The lowest BCUT2D eigenvalue weighted by atomic mass is 9.83. The molecule has 0 bridgehead atoms. The van der Waals surface area contributed by atoms with Crippen LogP contribution in [0.1, 0.15) is 30.9 Å². The van der Waals surface area contributed by atoms with E-state index in [0.717, 1.165) is 43.8 Å². The Labute approximate surface area is 138 Å². The van der Waals surface area contributed by atoms with E-state index in [1.54, 1.807) is 0 Å². The number of aliphatic hydroxyl groups is 1. The maximum Gasteiger partial charge on any atom is 0.125 e. The third-order valence-electron chi connectivity index (χ3n) is 4.62. The van der Waals surface area contributed by atoms with Gasteiger partial charge in [0.2, 0.25) is 0 Å². The lowest BCUT2D eigenvalue weighted by Crippen LogP contribution is -2.42. The fourth-order valence-corrected chi connectivity index (χ4v) is 3.32. The van der Waals surface area contributed by atoms with Gasteiger partial charge in [-0.2, -0.15) is 0 Å². The molecule has 0 amide bonds. The summed E-state index contributed by atoms with van der Waals surface area (Å²) < 4.78 is 5.70. The molecule has 23 heavy (non-hydrogen) atoms. The van der Waals surface area contributed by atoms with Gasteiger partial charge < -0.3 is 9.84 Å². The quantitative estimate of drug-likeness (QED) is 0.916. The smallest absolute Gasteiger partial charge is 0.125 e. The maximum atomic E-state index is 11.1. The summed E-state index contributed by atoms with van der Waals surface area (Å²) in [7, 11) is 0. The van der Waals surface area contributed by atoms with E-state index in [-0.39, 0.29) is 0 Å². The molecule has 1 N–H and O–H groups in total. The van der Waals surface area contributed by atoms with Gasteiger partial charge >= 0.3 is 0 Å². The molecule has 3 rings (SSSR count). The number of ether oxygens (including phenoxy) is 1. The molecular formula is C20H25NO2. The topological polar surface area (TPSA) is 32.7 Å². The van der Waals surface area contributed by atoms with Crippen molar-refractivity contribution in [3.8, 4) is 5.75 Å². The van der Waals surface area contributed by atoms with Crippen LogP contribution in [0.25, 0.3) is 0 Å². The van der Waals surface area contributed by atoms with Crippen molar-refractivity contribution in [2.24, 2.45) is 0 Å². The first-order valence-electron chi connectivity index (χ1n) is 8.42. The molecule has 3 nitrogen and oxygen atoms in total. The van der Waals surface area contributed by atoms with Crippen LogP contribution in [0.5, 0.6) is 5.75 Å². The number of hydrogen-bond acceptors (Lipinski definition) is 3. The van der Waals surface area contributed by atoms with Crippen LogP contribution in [0.3, 0.4) is 0 Å². The minimum Gasteiger partial charge on any atom is -0.493 e. The highest BCUT2D eigenvalue weighted by atomic mass is 16.5. The third-order valence-corrected chi connectivity index (χ3v) is 4.62. The van der Waals surface area contributed by atoms with E-state index in [4.69, 9.17) is 4.74 Å². The van der Waals surface area contributed by atoms with Gasteiger partial charge in [-0.3, -0.25) is 4.90 Å². The Hall–Kier alpha value is -1.84. The molecule has 0 aromatic heterocycles. The molecule has 2 aromatic rings. The molecule has 0 atom stereocenters. The number of hydrogen-bond donors (Lipinski definition) is 1. The molecule has 1 aliphatic heterocycles. The summed E-state index contributed by atoms with van der Waals surface area (Å²) in [5, 5.41) is 11.1. The number of para-hydroxylation sites is 1. The molecule has 0 unspecified atom stereocenters. The third kappa shape index (κ3) is 3.74. The fourth-order valence-electron chi connectivity index (χ4n) is 3.32. The first-order chi connectivity index (χ1) is 11.2. The van der Waals surface area contributed by atoms with Gasteiger partial charge in [-0.1, -0.05) is 48.5 Å². The summed E-state index contributed by atoms with van der Waals surface area (Å²) in [5.41, 5.74) is 1.48. The lowest BCUT2D eigenvalue weighted by Gasteiger charge is -2.39. The van der Waals surface area contributed by atoms with Crippen molar-refractivity contribution in [2.75, 3.05) is 19.7 Å². The number of likely N-dealkylation sites (tertiary alicyclic amines) is 1. The molecule has 0 aliphatic carbocycles. The Balaban J connectivity index is 1.68. The molecule has 0 radical (unpaired) electrons. The van der Waals surface area contributed by atoms with Crippen LogP contribution in [0.2, 0.25) is 0 Å². The van der Waals surface area contributed by atoms with Crippen LogP contribution < -0.4 is 4.74 Å². The maximum absolute atomic E-state index is 11.1. The zero-order chi connectivity index (χ0) is 16.1. The highest BCUT2D eigenvalue weighted by Gasteiger charge is 2.36. The number of piperidine rings is 1. The Morgan fingerprint density at radius 3 is 2.35 bits per heavy atom. The molecular weight excluding hydrogens is 286 g/mol. The normalized spacial score (nSPS) is 17.8. The van der Waals surface area contributed by atoms with Crippen LogP contribution in [-0.4, -0.2) is 29.7 Å². The molecule has 1 heterocycles. The van der Waals surface area contributed by atoms with Crippen molar-refractivity contribution < 1.29 is 9.84 Å². The van der Waals surface area contributed by atoms with Crippen molar-refractivity contribution in [1.29, 1.82) is 0 Å². The summed E-state index contributed by atoms with van der Waals surface area (Å²) in [6.07, 6.45) is 1.48. The molecule has 122 valence electrons. The van der Waals surface area contributed by atoms with E-state index in [1.807, 2.05) is 37.3 Å². The predicted molar refractivity (Wildman–Crippen MR) is 92.5 cm³/mol. The summed E-state index contributed by atoms with van der Waals surface area (Å²) in [6.45, 7) is 5.33. The van der Waals surface area contributed by atoms with E-state index in [1.165, 1.54) is 5.56 Å². The zero-order valence-corrected chi connectivity index (χ0v) is 13.7. The Bertz CT molecular complexity index is 619. The minimum absolute atomic E-state index is 0.618. The van der Waals surface area contributed by atoms with E-state index >= 15 is 0 Å². The monoisotopic (exact) mass is 311 g/mol. The van der Waals surface area contributed by atoms with Crippen LogP contribution in [-0.2, 0) is 12.1 Å². The molecule has 0 saturated carbocycles. The Morgan fingerprint density at radius 1 is 1.00 bits per heavy atom. The van der Waals surface area contributed by atoms with Gasteiger partial charge in [-0.25, -0.2) is 0 Å². The van der Waals surface area contributed by atoms with Crippen LogP contribution in [0, 0.1) is 0 Å². The average Bonchev–Trinajstić information content (AvgIpc) is 2.59. The van der Waals surface area contributed by atoms with Gasteiger partial charge in [-0.05, 0) is 31.4 Å². The van der Waals surface area contributed by atoms with Crippen molar-refractivity contribution in [1.82, 2.24) is 4.90 Å². The van der Waals surface area contributed by atoms with Crippen molar-refractivity contribution in [3.63, 3.8) is 0 Å². The van der Waals surface area contributed by atoms with Gasteiger partial charge in [0.15, 0.2) is 0 Å². The van der Waals surface area contributed by atoms with Crippen molar-refractivity contribution in [3.05, 3.63) is 65.7 Å². The lowest BCUT2D eigenvalue weighted by molar-refractivity contribution is -0.0295. The van der Waals surface area contributed by atoms with E-state index in [0.29, 0.717) is 6.61 Å². The molecule has 1 aliphatic rings. The molecule has 2 aromatic carbocycles. The fraction of sp³-hybridized carbons (Fsp3) is 0.400. The standard InChI is InChI=1S/C20H25NO2/c1-2-23-19-11-7-6-10-18(19)20(22)12-14-21(15-13-20)16-17-8-4-3-5-9-17/h3-11,22H,2,12-16H2,1H3. The molecule has 0 spiro atoms. The molecule has 1 fully saturated rings. The van der Waals surface area contributed by atoms with E-state index in [2.05, 4.69) is 29.2 Å². The van der Waals surface area contributed by atoms with E-state index in [9.17, 15) is 5.11 Å². The minimum atomic E-state index is -0.779. The molecule has 3 heteroatoms. The van der Waals surface area contributed by atoms with E-state index < -0.39 is 5.60 Å². The predicted octanol–water partition coefficient (Wildman–Crippen LogP) is 3.57. The Morgan fingerprint density at radius 2 is 1.65 bits per heavy atom. The zero-order valence-electron chi connectivity index (χ0n) is 13.7. The van der Waals surface area contributed by atoms with Gasteiger partial charge in [0, 0.05) is 25.2 Å².